The molecular formula is C17H18O3. The molecule has 0 spiro atoms. The van der Waals surface area contributed by atoms with Crippen molar-refractivity contribution < 1.29 is 14.3 Å². The highest BCUT2D eigenvalue weighted by Gasteiger charge is 2.05. The first-order valence-corrected chi connectivity index (χ1v) is 6.33. The molecule has 0 fully saturated rings. The molecule has 2 aromatic carbocycles. The van der Waals surface area contributed by atoms with Crippen molar-refractivity contribution in [1.29, 1.82) is 0 Å². The molecule has 0 saturated heterocycles. The molecular weight excluding hydrogens is 252 g/mol. The smallest absolute Gasteiger partial charge is 0.338 e. The molecule has 2 aromatic rings. The third kappa shape index (κ3) is 6.50. The second kappa shape index (κ2) is 8.64. The molecule has 0 N–H and O–H groups in total. The number of hydrogen-bond acceptors (Lipinski definition) is 3. The van der Waals surface area contributed by atoms with Crippen molar-refractivity contribution in [1.82, 2.24) is 0 Å². The average molecular weight is 270 g/mol. The Labute approximate surface area is 119 Å². The number of ketones is 1. The Bertz CT molecular complexity index is 529. The largest absolute Gasteiger partial charge is 0.457 e. The summed E-state index contributed by atoms with van der Waals surface area (Å²) in [4.78, 5) is 21.0. The molecule has 104 valence electrons. The summed E-state index contributed by atoms with van der Waals surface area (Å²) in [6, 6.07) is 18.6. The minimum absolute atomic E-state index is 0.167. The van der Waals surface area contributed by atoms with Crippen molar-refractivity contribution in [2.24, 2.45) is 0 Å². The summed E-state index contributed by atoms with van der Waals surface area (Å²) in [7, 11) is 0. The highest BCUT2D eigenvalue weighted by atomic mass is 16.5. The third-order valence-corrected chi connectivity index (χ3v) is 2.22. The number of Topliss-reactive ketones (excluding diaryl/α,β-unsaturated/α-hetero) is 1. The van der Waals surface area contributed by atoms with Crippen LogP contribution in [0.2, 0.25) is 0 Å². The van der Waals surface area contributed by atoms with Crippen LogP contribution in [-0.2, 0) is 16.1 Å². The number of ether oxygens (including phenoxy) is 1. The van der Waals surface area contributed by atoms with Crippen LogP contribution in [0.1, 0.15) is 29.8 Å². The Morgan fingerprint density at radius 2 is 1.30 bits per heavy atom. The van der Waals surface area contributed by atoms with E-state index in [-0.39, 0.29) is 11.8 Å². The number of benzene rings is 2. The highest BCUT2D eigenvalue weighted by molar-refractivity contribution is 5.89. The van der Waals surface area contributed by atoms with Crippen molar-refractivity contribution in [3.8, 4) is 0 Å². The maximum absolute atomic E-state index is 11.6. The molecule has 20 heavy (non-hydrogen) atoms. The van der Waals surface area contributed by atoms with E-state index in [1.165, 1.54) is 13.8 Å². The number of esters is 1. The zero-order chi connectivity index (χ0) is 14.8. The molecule has 0 aliphatic carbocycles. The Balaban J connectivity index is 0.000000444. The molecule has 0 aliphatic rings. The van der Waals surface area contributed by atoms with E-state index in [1.807, 2.05) is 48.5 Å². The van der Waals surface area contributed by atoms with E-state index in [1.54, 1.807) is 12.1 Å². The second-order valence-corrected chi connectivity index (χ2v) is 4.34. The van der Waals surface area contributed by atoms with E-state index in [0.29, 0.717) is 12.2 Å². The average Bonchev–Trinajstić information content (AvgIpc) is 2.46. The van der Waals surface area contributed by atoms with Gasteiger partial charge >= 0.3 is 5.97 Å². The molecule has 0 amide bonds. The first kappa shape index (κ1) is 15.6. The Kier molecular flexibility index (Phi) is 6.76. The molecule has 0 radical (unpaired) electrons. The Hall–Kier alpha value is -2.42. The summed E-state index contributed by atoms with van der Waals surface area (Å²) in [6.45, 7) is 3.37. The van der Waals surface area contributed by atoms with Gasteiger partial charge in [-0.2, -0.15) is 0 Å². The van der Waals surface area contributed by atoms with E-state index in [9.17, 15) is 9.59 Å². The predicted octanol–water partition coefficient (Wildman–Crippen LogP) is 3.64. The second-order valence-electron chi connectivity index (χ2n) is 4.34. The standard InChI is InChI=1S/C14H12O2.C3H6O/c15-14(13-9-5-2-6-10-13)16-11-12-7-3-1-4-8-12;1-3(2)4/h1-10H,11H2;1-2H3. The normalized spacial score (nSPS) is 9.10. The Morgan fingerprint density at radius 1 is 0.850 bits per heavy atom. The van der Waals surface area contributed by atoms with E-state index < -0.39 is 0 Å². The number of hydrogen-bond donors (Lipinski definition) is 0. The first-order chi connectivity index (χ1) is 9.59. The number of rotatable bonds is 3. The predicted molar refractivity (Wildman–Crippen MR) is 78.4 cm³/mol. The summed E-state index contributed by atoms with van der Waals surface area (Å²) in [5.74, 6) is -0.121. The first-order valence-electron chi connectivity index (χ1n) is 6.33. The van der Waals surface area contributed by atoms with Gasteiger partial charge in [0.05, 0.1) is 5.56 Å². The molecule has 3 heteroatoms. The molecule has 0 heterocycles. The van der Waals surface area contributed by atoms with Gasteiger partial charge in [0.1, 0.15) is 12.4 Å². The fraction of sp³-hybridized carbons (Fsp3) is 0.176. The van der Waals surface area contributed by atoms with Crippen LogP contribution < -0.4 is 0 Å². The van der Waals surface area contributed by atoms with Crippen LogP contribution in [0.5, 0.6) is 0 Å². The third-order valence-electron chi connectivity index (χ3n) is 2.22. The lowest BCUT2D eigenvalue weighted by atomic mass is 10.2. The van der Waals surface area contributed by atoms with E-state index >= 15 is 0 Å². The van der Waals surface area contributed by atoms with Crippen LogP contribution in [0.15, 0.2) is 60.7 Å². The summed E-state index contributed by atoms with van der Waals surface area (Å²) in [5, 5.41) is 0. The monoisotopic (exact) mass is 270 g/mol. The van der Waals surface area contributed by atoms with Gasteiger partial charge in [-0.1, -0.05) is 48.5 Å². The molecule has 0 unspecified atom stereocenters. The van der Waals surface area contributed by atoms with Gasteiger partial charge in [0.25, 0.3) is 0 Å². The quantitative estimate of drug-likeness (QED) is 0.800. The number of carbonyl (C=O) groups excluding carboxylic acids is 2. The summed E-state index contributed by atoms with van der Waals surface area (Å²) in [5.41, 5.74) is 1.57. The van der Waals surface area contributed by atoms with Crippen LogP contribution in [0.3, 0.4) is 0 Å². The van der Waals surface area contributed by atoms with Crippen molar-refractivity contribution in [2.75, 3.05) is 0 Å². The van der Waals surface area contributed by atoms with Gasteiger partial charge in [0.15, 0.2) is 0 Å². The lowest BCUT2D eigenvalue weighted by Gasteiger charge is -2.04. The van der Waals surface area contributed by atoms with E-state index in [4.69, 9.17) is 4.74 Å². The Morgan fingerprint density at radius 3 is 1.80 bits per heavy atom. The molecule has 0 atom stereocenters. The molecule has 3 nitrogen and oxygen atoms in total. The summed E-state index contributed by atoms with van der Waals surface area (Å²) in [6.07, 6.45) is 0. The highest BCUT2D eigenvalue weighted by Crippen LogP contribution is 2.05. The van der Waals surface area contributed by atoms with Gasteiger partial charge in [-0.3, -0.25) is 0 Å². The molecule has 0 bridgehead atoms. The maximum Gasteiger partial charge on any atom is 0.338 e. The topological polar surface area (TPSA) is 43.4 Å². The SMILES string of the molecule is CC(C)=O.O=C(OCc1ccccc1)c1ccccc1. The van der Waals surface area contributed by atoms with E-state index in [2.05, 4.69) is 0 Å². The van der Waals surface area contributed by atoms with Crippen LogP contribution in [0.4, 0.5) is 0 Å². The van der Waals surface area contributed by atoms with Crippen LogP contribution >= 0.6 is 0 Å². The van der Waals surface area contributed by atoms with Crippen LogP contribution in [0, 0.1) is 0 Å². The zero-order valence-corrected chi connectivity index (χ0v) is 11.7. The maximum atomic E-state index is 11.6. The molecule has 0 aromatic heterocycles. The van der Waals surface area contributed by atoms with Crippen molar-refractivity contribution >= 4 is 11.8 Å². The van der Waals surface area contributed by atoms with Gasteiger partial charge in [-0.25, -0.2) is 4.79 Å². The minimum atomic E-state index is -0.288. The van der Waals surface area contributed by atoms with Crippen LogP contribution in [-0.4, -0.2) is 11.8 Å². The summed E-state index contributed by atoms with van der Waals surface area (Å²) < 4.78 is 5.18. The van der Waals surface area contributed by atoms with Gasteiger partial charge in [0.2, 0.25) is 0 Å². The van der Waals surface area contributed by atoms with E-state index in [0.717, 1.165) is 5.56 Å². The van der Waals surface area contributed by atoms with Gasteiger partial charge in [-0.05, 0) is 31.5 Å². The zero-order valence-electron chi connectivity index (χ0n) is 11.7. The van der Waals surface area contributed by atoms with Crippen LogP contribution in [0.25, 0.3) is 0 Å². The fourth-order valence-electron chi connectivity index (χ4n) is 1.38. The lowest BCUT2D eigenvalue weighted by molar-refractivity contribution is -0.115. The molecule has 0 saturated carbocycles. The van der Waals surface area contributed by atoms with Crippen molar-refractivity contribution in [2.45, 2.75) is 20.5 Å². The van der Waals surface area contributed by atoms with Gasteiger partial charge < -0.3 is 9.53 Å². The fourth-order valence-corrected chi connectivity index (χ4v) is 1.38. The lowest BCUT2D eigenvalue weighted by Crippen LogP contribution is -2.04. The minimum Gasteiger partial charge on any atom is -0.457 e. The van der Waals surface area contributed by atoms with Crippen molar-refractivity contribution in [3.63, 3.8) is 0 Å². The van der Waals surface area contributed by atoms with Gasteiger partial charge in [0, 0.05) is 0 Å². The summed E-state index contributed by atoms with van der Waals surface area (Å²) >= 11 is 0. The molecule has 0 aliphatic heterocycles. The molecule has 2 rings (SSSR count). The van der Waals surface area contributed by atoms with Crippen molar-refractivity contribution in [3.05, 3.63) is 71.8 Å². The number of carbonyl (C=O) groups is 2. The van der Waals surface area contributed by atoms with Gasteiger partial charge in [-0.15, -0.1) is 0 Å².